The first-order chi connectivity index (χ1) is 5.82. The first-order valence-corrected chi connectivity index (χ1v) is 4.81. The number of hydrogen-bond acceptors (Lipinski definition) is 1. The molecule has 0 aliphatic rings. The summed E-state index contributed by atoms with van der Waals surface area (Å²) in [6.45, 7) is 5.53. The van der Waals surface area contributed by atoms with Crippen LogP contribution in [0, 0.1) is 6.92 Å². The van der Waals surface area contributed by atoms with Gasteiger partial charge in [-0.3, -0.25) is 0 Å². The van der Waals surface area contributed by atoms with Crippen LogP contribution in [0.1, 0.15) is 35.1 Å². The van der Waals surface area contributed by atoms with Crippen LogP contribution in [0.5, 0.6) is 0 Å². The van der Waals surface area contributed by atoms with Gasteiger partial charge in [-0.05, 0) is 24.5 Å². The summed E-state index contributed by atoms with van der Waals surface area (Å²) in [5.41, 5.74) is 0.743. The maximum atomic E-state index is 12.3. The standard InChI is InChI=1S/C9H11F3S/c1-5(2)8-6(3)4-7(13-8)9(10,11)12/h4-5H,1-3H3. The fourth-order valence-electron chi connectivity index (χ4n) is 1.21. The first kappa shape index (κ1) is 10.6. The van der Waals surface area contributed by atoms with Crippen LogP contribution in [-0.2, 0) is 6.18 Å². The Morgan fingerprint density at radius 2 is 1.85 bits per heavy atom. The summed E-state index contributed by atoms with van der Waals surface area (Å²) in [5, 5.41) is 0. The number of hydrogen-bond donors (Lipinski definition) is 0. The van der Waals surface area contributed by atoms with Crippen molar-refractivity contribution in [3.8, 4) is 0 Å². The maximum absolute atomic E-state index is 12.3. The highest BCUT2D eigenvalue weighted by Crippen LogP contribution is 2.38. The Morgan fingerprint density at radius 3 is 2.08 bits per heavy atom. The van der Waals surface area contributed by atoms with Crippen LogP contribution >= 0.6 is 11.3 Å². The normalized spacial score (nSPS) is 12.5. The molecule has 0 saturated carbocycles. The van der Waals surface area contributed by atoms with Gasteiger partial charge in [-0.2, -0.15) is 13.2 Å². The molecule has 1 aromatic heterocycles. The smallest absolute Gasteiger partial charge is 0.165 e. The highest BCUT2D eigenvalue weighted by Gasteiger charge is 2.33. The summed E-state index contributed by atoms with van der Waals surface area (Å²) in [4.78, 5) is 0.334. The zero-order valence-electron chi connectivity index (χ0n) is 7.70. The van der Waals surface area contributed by atoms with Crippen LogP contribution < -0.4 is 0 Å². The molecule has 0 atom stereocenters. The molecule has 74 valence electrons. The number of thiophene rings is 1. The van der Waals surface area contributed by atoms with Gasteiger partial charge in [0.25, 0.3) is 0 Å². The molecular formula is C9H11F3S. The van der Waals surface area contributed by atoms with E-state index in [9.17, 15) is 13.2 Å². The Kier molecular flexibility index (Phi) is 2.71. The van der Waals surface area contributed by atoms with Gasteiger partial charge < -0.3 is 0 Å². The van der Waals surface area contributed by atoms with Crippen LogP contribution in [-0.4, -0.2) is 0 Å². The van der Waals surface area contributed by atoms with Crippen LogP contribution in [0.3, 0.4) is 0 Å². The second-order valence-electron chi connectivity index (χ2n) is 3.31. The SMILES string of the molecule is Cc1cc(C(F)(F)F)sc1C(C)C. The summed E-state index contributed by atoms with van der Waals surface area (Å²) in [6, 6.07) is 1.22. The lowest BCUT2D eigenvalue weighted by atomic mass is 10.1. The van der Waals surface area contributed by atoms with Crippen molar-refractivity contribution < 1.29 is 13.2 Å². The van der Waals surface area contributed by atoms with Crippen molar-refractivity contribution in [1.82, 2.24) is 0 Å². The number of aryl methyl sites for hydroxylation is 1. The largest absolute Gasteiger partial charge is 0.425 e. The summed E-state index contributed by atoms with van der Waals surface area (Å²) in [6.07, 6.45) is -4.19. The van der Waals surface area contributed by atoms with Gasteiger partial charge in [-0.15, -0.1) is 11.3 Å². The van der Waals surface area contributed by atoms with E-state index in [4.69, 9.17) is 0 Å². The number of rotatable bonds is 1. The maximum Gasteiger partial charge on any atom is 0.425 e. The van der Waals surface area contributed by atoms with Gasteiger partial charge in [0.15, 0.2) is 0 Å². The first-order valence-electron chi connectivity index (χ1n) is 4.00. The van der Waals surface area contributed by atoms with E-state index < -0.39 is 11.1 Å². The Labute approximate surface area is 79.4 Å². The van der Waals surface area contributed by atoms with Crippen LogP contribution in [0.15, 0.2) is 6.07 Å². The average molecular weight is 208 g/mol. The van der Waals surface area contributed by atoms with E-state index in [1.807, 2.05) is 13.8 Å². The van der Waals surface area contributed by atoms with E-state index >= 15 is 0 Å². The molecule has 0 radical (unpaired) electrons. The van der Waals surface area contributed by atoms with Crippen molar-refractivity contribution in [1.29, 1.82) is 0 Å². The third-order valence-electron chi connectivity index (χ3n) is 1.76. The van der Waals surface area contributed by atoms with Crippen LogP contribution in [0.2, 0.25) is 0 Å². The van der Waals surface area contributed by atoms with E-state index in [1.54, 1.807) is 6.92 Å². The Morgan fingerprint density at radius 1 is 1.31 bits per heavy atom. The molecule has 0 aliphatic heterocycles. The van der Waals surface area contributed by atoms with E-state index in [0.717, 1.165) is 21.8 Å². The van der Waals surface area contributed by atoms with Crippen LogP contribution in [0.25, 0.3) is 0 Å². The van der Waals surface area contributed by atoms with Gasteiger partial charge in [-0.1, -0.05) is 13.8 Å². The third-order valence-corrected chi connectivity index (χ3v) is 3.34. The minimum atomic E-state index is -4.19. The van der Waals surface area contributed by atoms with E-state index in [1.165, 1.54) is 6.07 Å². The van der Waals surface area contributed by atoms with Crippen molar-refractivity contribution in [2.75, 3.05) is 0 Å². The third kappa shape index (κ3) is 2.24. The zero-order valence-corrected chi connectivity index (χ0v) is 8.51. The molecule has 0 aliphatic carbocycles. The Bertz CT molecular complexity index is 296. The summed E-state index contributed by atoms with van der Waals surface area (Å²) in [5.74, 6) is 0.168. The molecule has 0 amide bonds. The van der Waals surface area contributed by atoms with Gasteiger partial charge in [0.1, 0.15) is 4.88 Å². The molecule has 0 nitrogen and oxygen atoms in total. The molecule has 0 fully saturated rings. The lowest BCUT2D eigenvalue weighted by molar-refractivity contribution is -0.134. The van der Waals surface area contributed by atoms with Gasteiger partial charge >= 0.3 is 6.18 Å². The second kappa shape index (κ2) is 3.33. The van der Waals surface area contributed by atoms with Crippen molar-refractivity contribution in [2.24, 2.45) is 0 Å². The van der Waals surface area contributed by atoms with Gasteiger partial charge in [0.2, 0.25) is 0 Å². The molecular weight excluding hydrogens is 197 g/mol. The average Bonchev–Trinajstić information content (AvgIpc) is 2.29. The molecule has 0 saturated heterocycles. The molecule has 1 aromatic rings. The monoisotopic (exact) mass is 208 g/mol. The number of alkyl halides is 3. The van der Waals surface area contributed by atoms with Crippen molar-refractivity contribution >= 4 is 11.3 Å². The highest BCUT2D eigenvalue weighted by atomic mass is 32.1. The fraction of sp³-hybridized carbons (Fsp3) is 0.556. The predicted molar refractivity (Wildman–Crippen MR) is 48.1 cm³/mol. The summed E-state index contributed by atoms with van der Waals surface area (Å²) in [7, 11) is 0. The molecule has 0 aromatic carbocycles. The van der Waals surface area contributed by atoms with E-state index in [0.29, 0.717) is 0 Å². The quantitative estimate of drug-likeness (QED) is 0.648. The highest BCUT2D eigenvalue weighted by molar-refractivity contribution is 7.12. The molecule has 1 heterocycles. The van der Waals surface area contributed by atoms with Gasteiger partial charge in [0, 0.05) is 4.88 Å². The van der Waals surface area contributed by atoms with Gasteiger partial charge in [0.05, 0.1) is 0 Å². The molecule has 0 unspecified atom stereocenters. The minimum absolute atomic E-state index is 0.168. The molecule has 1 rings (SSSR count). The topological polar surface area (TPSA) is 0 Å². The minimum Gasteiger partial charge on any atom is -0.165 e. The lowest BCUT2D eigenvalue weighted by Gasteiger charge is -2.02. The molecule has 0 spiro atoms. The number of halogens is 3. The molecule has 13 heavy (non-hydrogen) atoms. The second-order valence-corrected chi connectivity index (χ2v) is 4.39. The van der Waals surface area contributed by atoms with Crippen molar-refractivity contribution in [3.05, 3.63) is 21.4 Å². The zero-order chi connectivity index (χ0) is 10.2. The lowest BCUT2D eigenvalue weighted by Crippen LogP contribution is -2.00. The predicted octanol–water partition coefficient (Wildman–Crippen LogP) is 4.20. The van der Waals surface area contributed by atoms with E-state index in [-0.39, 0.29) is 5.92 Å². The summed E-state index contributed by atoms with van der Waals surface area (Å²) >= 11 is 0.850. The van der Waals surface area contributed by atoms with Crippen molar-refractivity contribution in [2.45, 2.75) is 32.9 Å². The molecule has 4 heteroatoms. The van der Waals surface area contributed by atoms with E-state index in [2.05, 4.69) is 0 Å². The Balaban J connectivity index is 3.10. The molecule has 0 bridgehead atoms. The summed E-state index contributed by atoms with van der Waals surface area (Å²) < 4.78 is 36.8. The Hall–Kier alpha value is -0.510. The van der Waals surface area contributed by atoms with Crippen LogP contribution in [0.4, 0.5) is 13.2 Å². The fourth-order valence-corrected chi connectivity index (χ4v) is 2.25. The van der Waals surface area contributed by atoms with Gasteiger partial charge in [-0.25, -0.2) is 0 Å². The van der Waals surface area contributed by atoms with Crippen molar-refractivity contribution in [3.63, 3.8) is 0 Å². The molecule has 0 N–H and O–H groups in total.